The monoisotopic (exact) mass is 650 g/mol. The van der Waals surface area contributed by atoms with Crippen LogP contribution in [0.1, 0.15) is 51.3 Å². The lowest BCUT2D eigenvalue weighted by Crippen LogP contribution is -2.32. The fraction of sp³-hybridized carbons (Fsp3) is 0.143. The highest BCUT2D eigenvalue weighted by Gasteiger charge is 2.53. The zero-order valence-corrected chi connectivity index (χ0v) is 25.8. The van der Waals surface area contributed by atoms with Crippen molar-refractivity contribution in [3.05, 3.63) is 117 Å². The molecule has 1 spiro atoms. The van der Waals surface area contributed by atoms with Crippen molar-refractivity contribution in [2.24, 2.45) is 4.99 Å². The van der Waals surface area contributed by atoms with Gasteiger partial charge in [-0.15, -0.1) is 0 Å². The predicted octanol–water partition coefficient (Wildman–Crippen LogP) is 6.74. The summed E-state index contributed by atoms with van der Waals surface area (Å²) >= 11 is 4.64. The van der Waals surface area contributed by atoms with E-state index in [2.05, 4.69) is 27.3 Å². The van der Waals surface area contributed by atoms with E-state index in [1.807, 2.05) is 19.9 Å². The van der Waals surface area contributed by atoms with Crippen molar-refractivity contribution in [1.29, 1.82) is 0 Å². The van der Waals surface area contributed by atoms with E-state index in [4.69, 9.17) is 19.0 Å². The summed E-state index contributed by atoms with van der Waals surface area (Å²) in [6, 6.07) is 21.0. The number of carboxylic acids is 1. The third kappa shape index (κ3) is 5.35. The number of isothiocyanates is 1. The molecule has 47 heavy (non-hydrogen) atoms. The second kappa shape index (κ2) is 12.1. The number of aromatic hydroxyl groups is 2. The molecule has 0 saturated carbocycles. The average molecular weight is 651 g/mol. The zero-order chi connectivity index (χ0) is 33.5. The van der Waals surface area contributed by atoms with Gasteiger partial charge in [0.1, 0.15) is 34.1 Å². The summed E-state index contributed by atoms with van der Waals surface area (Å²) in [5.41, 5.74) is 1.52. The van der Waals surface area contributed by atoms with Gasteiger partial charge in [0.05, 0.1) is 16.4 Å². The summed E-state index contributed by atoms with van der Waals surface area (Å²) in [6.45, 7) is 5.77. The van der Waals surface area contributed by atoms with Crippen molar-refractivity contribution in [3.63, 3.8) is 0 Å². The number of nitrogens with zero attached hydrogens (tertiary/aromatic N) is 2. The molecular formula is C35H26N2O9S. The van der Waals surface area contributed by atoms with Crippen molar-refractivity contribution >= 4 is 51.7 Å². The first kappa shape index (κ1) is 31.0. The van der Waals surface area contributed by atoms with Gasteiger partial charge in [0.15, 0.2) is 5.60 Å². The normalized spacial score (nSPS) is 13.2. The topological polar surface area (TPSA) is 159 Å². The number of carbonyl (C=O) groups excluding carboxylic acids is 1. The third-order valence-corrected chi connectivity index (χ3v) is 8.10. The molecule has 3 heterocycles. The van der Waals surface area contributed by atoms with E-state index < -0.39 is 23.2 Å². The second-order valence-electron chi connectivity index (χ2n) is 10.6. The van der Waals surface area contributed by atoms with Gasteiger partial charge in [-0.25, -0.2) is 14.4 Å². The number of thiocarbonyl (C=S) groups is 1. The lowest BCUT2D eigenvalue weighted by atomic mass is 9.77. The Morgan fingerprint density at radius 1 is 0.872 bits per heavy atom. The maximum Gasteiger partial charge on any atom is 0.351 e. The number of rotatable bonds is 5. The molecule has 12 heteroatoms. The van der Waals surface area contributed by atoms with Crippen molar-refractivity contribution in [1.82, 2.24) is 0 Å². The highest BCUT2D eigenvalue weighted by molar-refractivity contribution is 7.78. The van der Waals surface area contributed by atoms with E-state index in [1.165, 1.54) is 30.3 Å². The number of aliphatic imine (C=N–C) groups is 1. The third-order valence-electron chi connectivity index (χ3n) is 8.01. The molecule has 0 fully saturated rings. The van der Waals surface area contributed by atoms with Crippen LogP contribution in [-0.2, 0) is 10.3 Å². The molecule has 0 bridgehead atoms. The summed E-state index contributed by atoms with van der Waals surface area (Å²) in [5, 5.41) is 31.6. The fourth-order valence-corrected chi connectivity index (χ4v) is 5.96. The Kier molecular flexibility index (Phi) is 7.98. The number of carboxylic acid groups (broad SMARTS) is 1. The fourth-order valence-electron chi connectivity index (χ4n) is 5.85. The Bertz CT molecular complexity index is 2150. The highest BCUT2D eigenvalue weighted by Crippen LogP contribution is 2.57. The molecule has 5 aromatic rings. The predicted molar refractivity (Wildman–Crippen MR) is 176 cm³/mol. The Hall–Kier alpha value is -5.97. The number of benzene rings is 4. The van der Waals surface area contributed by atoms with Gasteiger partial charge in [0, 0.05) is 59.1 Å². The maximum atomic E-state index is 12.8. The number of anilines is 1. The van der Waals surface area contributed by atoms with Crippen LogP contribution in [0.3, 0.4) is 0 Å². The molecule has 2 aliphatic rings. The molecule has 0 amide bonds. The quantitative estimate of drug-likeness (QED) is 0.0800. The molecule has 7 rings (SSSR count). The van der Waals surface area contributed by atoms with E-state index in [-0.39, 0.29) is 17.1 Å². The lowest BCUT2D eigenvalue weighted by molar-refractivity contribution is 0.0224. The molecule has 0 atom stereocenters. The summed E-state index contributed by atoms with van der Waals surface area (Å²) in [7, 11) is 0. The van der Waals surface area contributed by atoms with Crippen LogP contribution in [0, 0.1) is 0 Å². The molecule has 0 saturated heterocycles. The van der Waals surface area contributed by atoms with Crippen LogP contribution < -0.4 is 15.3 Å². The van der Waals surface area contributed by atoms with Gasteiger partial charge in [-0.3, -0.25) is 0 Å². The zero-order valence-electron chi connectivity index (χ0n) is 25.0. The van der Waals surface area contributed by atoms with Crippen molar-refractivity contribution in [3.8, 4) is 23.0 Å². The number of ether oxygens (including phenoxy) is 2. The molecule has 11 nitrogen and oxygen atoms in total. The van der Waals surface area contributed by atoms with Gasteiger partial charge in [0.25, 0.3) is 0 Å². The molecule has 0 radical (unpaired) electrons. The first-order valence-electron chi connectivity index (χ1n) is 14.5. The van der Waals surface area contributed by atoms with E-state index >= 15 is 0 Å². The van der Waals surface area contributed by atoms with Crippen LogP contribution >= 0.6 is 12.2 Å². The van der Waals surface area contributed by atoms with E-state index in [9.17, 15) is 24.6 Å². The minimum atomic E-state index is -1.27. The minimum absolute atomic E-state index is 0.00715. The number of esters is 1. The van der Waals surface area contributed by atoms with E-state index in [0.717, 1.165) is 18.8 Å². The van der Waals surface area contributed by atoms with Gasteiger partial charge >= 0.3 is 17.6 Å². The van der Waals surface area contributed by atoms with Gasteiger partial charge in [-0.1, -0.05) is 6.07 Å². The second-order valence-corrected chi connectivity index (χ2v) is 10.8. The van der Waals surface area contributed by atoms with Crippen molar-refractivity contribution in [2.75, 3.05) is 18.0 Å². The minimum Gasteiger partial charge on any atom is -0.508 e. The number of fused-ring (bicyclic) bond motifs is 7. The number of carbonyl (C=O) groups is 2. The van der Waals surface area contributed by atoms with Crippen LogP contribution in [0.25, 0.3) is 11.0 Å². The first-order chi connectivity index (χ1) is 22.6. The van der Waals surface area contributed by atoms with Crippen molar-refractivity contribution < 1.29 is 38.8 Å². The SMILES string of the molecule is CCN(CC)c1ccc2cc(C(=O)O)c(=O)oc2c1.O=C1OC2(c3ccc(O)cc3Oc3cc(O)ccc32)c2ccc(N=C=S)cc21. The molecule has 4 aromatic carbocycles. The number of hydrogen-bond donors (Lipinski definition) is 3. The number of hydrogen-bond acceptors (Lipinski definition) is 11. The van der Waals surface area contributed by atoms with E-state index in [1.54, 1.807) is 42.5 Å². The van der Waals surface area contributed by atoms with Crippen LogP contribution in [-0.4, -0.2) is 45.5 Å². The van der Waals surface area contributed by atoms with E-state index in [0.29, 0.717) is 50.4 Å². The summed E-state index contributed by atoms with van der Waals surface area (Å²) in [5.74, 6) is -1.11. The van der Waals surface area contributed by atoms with Gasteiger partial charge in [-0.05, 0) is 80.7 Å². The highest BCUT2D eigenvalue weighted by atomic mass is 32.1. The smallest absolute Gasteiger partial charge is 0.351 e. The Morgan fingerprint density at radius 2 is 1.51 bits per heavy atom. The van der Waals surface area contributed by atoms with Gasteiger partial charge < -0.3 is 34.1 Å². The molecule has 1 aromatic heterocycles. The van der Waals surface area contributed by atoms with Gasteiger partial charge in [-0.2, -0.15) is 4.99 Å². The number of phenolic OH excluding ortho intramolecular Hbond substituents is 2. The molecule has 3 N–H and O–H groups in total. The average Bonchev–Trinajstić information content (AvgIpc) is 3.33. The summed E-state index contributed by atoms with van der Waals surface area (Å²) < 4.78 is 16.9. The Labute approximate surface area is 272 Å². The van der Waals surface area contributed by atoms with Crippen LogP contribution in [0.5, 0.6) is 23.0 Å². The standard InChI is InChI=1S/C21H11NO5S.C14H15NO4/c23-12-2-5-16-18(8-12)26-19-9-13(24)3-6-17(19)21(16)15-4-1-11(22-10-28)7-14(15)20(25)27-21;1-3-15(4-2)10-6-5-9-7-11(13(16)17)14(18)19-12(9)8-10/h1-9,23-24H;5-8H,3-4H2,1-2H3,(H,16,17). The molecule has 236 valence electrons. The van der Waals surface area contributed by atoms with Crippen molar-refractivity contribution in [2.45, 2.75) is 19.4 Å². The lowest BCUT2D eigenvalue weighted by Gasteiger charge is -2.36. The number of phenols is 2. The number of aromatic carboxylic acids is 1. The molecule has 0 unspecified atom stereocenters. The van der Waals surface area contributed by atoms with Gasteiger partial charge in [0.2, 0.25) is 0 Å². The molecular weight excluding hydrogens is 624 g/mol. The summed E-state index contributed by atoms with van der Waals surface area (Å²) in [6.07, 6.45) is 0. The maximum absolute atomic E-state index is 12.8. The van der Waals surface area contributed by atoms with Crippen LogP contribution in [0.15, 0.2) is 93.1 Å². The Balaban J connectivity index is 0.000000178. The summed E-state index contributed by atoms with van der Waals surface area (Å²) in [4.78, 5) is 41.2. The van der Waals surface area contributed by atoms with Crippen LogP contribution in [0.4, 0.5) is 11.4 Å². The Morgan fingerprint density at radius 3 is 2.11 bits per heavy atom. The first-order valence-corrected chi connectivity index (χ1v) is 14.9. The molecule has 2 aliphatic heterocycles. The molecule has 0 aliphatic carbocycles. The van der Waals surface area contributed by atoms with Crippen LogP contribution in [0.2, 0.25) is 0 Å². The largest absolute Gasteiger partial charge is 0.508 e.